The molecule has 1 amide bonds. The second-order valence-electron chi connectivity index (χ2n) is 7.38. The molecule has 0 spiro atoms. The molecule has 3 heterocycles. The topological polar surface area (TPSA) is 79.4 Å². The van der Waals surface area contributed by atoms with Gasteiger partial charge in [-0.3, -0.25) is 9.78 Å². The van der Waals surface area contributed by atoms with E-state index in [1.165, 1.54) is 11.3 Å². The fourth-order valence-corrected chi connectivity index (χ4v) is 5.45. The van der Waals surface area contributed by atoms with E-state index < -0.39 is 10.0 Å². The normalized spacial score (nSPS) is 13.8. The maximum atomic E-state index is 12.7. The summed E-state index contributed by atoms with van der Waals surface area (Å²) in [7, 11) is -3.47. The molecule has 0 saturated carbocycles. The van der Waals surface area contributed by atoms with E-state index in [0.29, 0.717) is 25.1 Å². The van der Waals surface area contributed by atoms with E-state index in [-0.39, 0.29) is 18.2 Å². The number of fused-ring (bicyclic) bond motifs is 1. The maximum absolute atomic E-state index is 12.7. The molecule has 0 bridgehead atoms. The van der Waals surface area contributed by atoms with Gasteiger partial charge < -0.3 is 4.90 Å². The Morgan fingerprint density at radius 1 is 1.23 bits per heavy atom. The van der Waals surface area contributed by atoms with Crippen LogP contribution in [0.5, 0.6) is 0 Å². The number of amides is 1. The van der Waals surface area contributed by atoms with Crippen molar-refractivity contribution in [2.75, 3.05) is 6.54 Å². The number of hydrogen-bond acceptors (Lipinski definition) is 5. The van der Waals surface area contributed by atoms with Crippen LogP contribution in [0.1, 0.15) is 38.3 Å². The molecule has 3 aromatic rings. The third kappa shape index (κ3) is 4.61. The van der Waals surface area contributed by atoms with Crippen LogP contribution in [0, 0.1) is 6.92 Å². The maximum Gasteiger partial charge on any atom is 0.255 e. The third-order valence-corrected chi connectivity index (χ3v) is 7.30. The zero-order chi connectivity index (χ0) is 21.1. The van der Waals surface area contributed by atoms with Crippen LogP contribution in [-0.2, 0) is 35.3 Å². The number of nitrogens with zero attached hydrogens (tertiary/aromatic N) is 2. The van der Waals surface area contributed by atoms with E-state index in [2.05, 4.69) is 9.71 Å². The van der Waals surface area contributed by atoms with Crippen molar-refractivity contribution in [1.29, 1.82) is 0 Å². The second kappa shape index (κ2) is 8.67. The standard InChI is InChI=1S/C22H23N3O3S2/c1-16-21(12-24-30(27,28)15-17-5-3-2-4-6-17)20-7-9-25(13-19(20)11-23-16)22(26)18-8-10-29-14-18/h2-6,8,10-11,14,24H,7,9,12-13,15H2,1H3. The number of carbonyl (C=O) groups excluding carboxylic acids is 1. The molecule has 1 aliphatic heterocycles. The van der Waals surface area contributed by atoms with Crippen LogP contribution < -0.4 is 4.72 Å². The van der Waals surface area contributed by atoms with Gasteiger partial charge in [0, 0.05) is 36.9 Å². The number of carbonyl (C=O) groups is 1. The molecule has 0 aliphatic carbocycles. The Hall–Kier alpha value is -2.55. The SMILES string of the molecule is Cc1ncc2c(c1CNS(=O)(=O)Cc1ccccc1)CCN(C(=O)c1ccsc1)C2. The molecule has 0 radical (unpaired) electrons. The first-order valence-electron chi connectivity index (χ1n) is 9.72. The Balaban J connectivity index is 1.49. The van der Waals surface area contributed by atoms with Gasteiger partial charge in [-0.15, -0.1) is 0 Å². The minimum Gasteiger partial charge on any atom is -0.334 e. The molecule has 156 valence electrons. The molecule has 0 atom stereocenters. The zero-order valence-corrected chi connectivity index (χ0v) is 18.3. The molecule has 30 heavy (non-hydrogen) atoms. The lowest BCUT2D eigenvalue weighted by molar-refractivity contribution is 0.0734. The number of pyridine rings is 1. The van der Waals surface area contributed by atoms with Gasteiger partial charge in [-0.1, -0.05) is 30.3 Å². The molecule has 6 nitrogen and oxygen atoms in total. The van der Waals surface area contributed by atoms with Crippen LogP contribution in [0.3, 0.4) is 0 Å². The average molecular weight is 442 g/mol. The highest BCUT2D eigenvalue weighted by molar-refractivity contribution is 7.88. The Morgan fingerprint density at radius 3 is 2.77 bits per heavy atom. The Kier molecular flexibility index (Phi) is 5.99. The van der Waals surface area contributed by atoms with E-state index in [4.69, 9.17) is 0 Å². The van der Waals surface area contributed by atoms with Crippen molar-refractivity contribution >= 4 is 27.3 Å². The van der Waals surface area contributed by atoms with E-state index in [0.717, 1.165) is 27.9 Å². The van der Waals surface area contributed by atoms with Gasteiger partial charge in [0.15, 0.2) is 0 Å². The Morgan fingerprint density at radius 2 is 2.03 bits per heavy atom. The third-order valence-electron chi connectivity index (χ3n) is 5.32. The Labute approximate surface area is 180 Å². The van der Waals surface area contributed by atoms with Crippen molar-refractivity contribution in [3.63, 3.8) is 0 Å². The summed E-state index contributed by atoms with van der Waals surface area (Å²) in [6, 6.07) is 11.0. The first-order chi connectivity index (χ1) is 14.4. The summed E-state index contributed by atoms with van der Waals surface area (Å²) in [6.45, 7) is 3.19. The zero-order valence-electron chi connectivity index (χ0n) is 16.7. The van der Waals surface area contributed by atoms with Gasteiger partial charge in [-0.25, -0.2) is 13.1 Å². The highest BCUT2D eigenvalue weighted by Gasteiger charge is 2.25. The van der Waals surface area contributed by atoms with E-state index in [1.807, 2.05) is 46.8 Å². The summed E-state index contributed by atoms with van der Waals surface area (Å²) in [5.41, 5.74) is 5.25. The lowest BCUT2D eigenvalue weighted by Crippen LogP contribution is -2.37. The van der Waals surface area contributed by atoms with Gasteiger partial charge in [0.2, 0.25) is 10.0 Å². The van der Waals surface area contributed by atoms with Crippen molar-refractivity contribution in [3.05, 3.63) is 86.9 Å². The van der Waals surface area contributed by atoms with Crippen molar-refractivity contribution < 1.29 is 13.2 Å². The monoisotopic (exact) mass is 441 g/mol. The first-order valence-corrected chi connectivity index (χ1v) is 12.3. The molecular formula is C22H23N3O3S2. The summed E-state index contributed by atoms with van der Waals surface area (Å²) >= 11 is 1.51. The predicted molar refractivity (Wildman–Crippen MR) is 118 cm³/mol. The molecule has 0 unspecified atom stereocenters. The van der Waals surface area contributed by atoms with E-state index >= 15 is 0 Å². The Bertz CT molecular complexity index is 1140. The molecule has 8 heteroatoms. The van der Waals surface area contributed by atoms with Crippen LogP contribution in [0.4, 0.5) is 0 Å². The van der Waals surface area contributed by atoms with Crippen molar-refractivity contribution in [3.8, 4) is 0 Å². The number of thiophene rings is 1. The summed E-state index contributed by atoms with van der Waals surface area (Å²) in [5.74, 6) is -0.0364. The fourth-order valence-electron chi connectivity index (χ4n) is 3.73. The fraction of sp³-hybridized carbons (Fsp3) is 0.273. The van der Waals surface area contributed by atoms with Gasteiger partial charge >= 0.3 is 0 Å². The summed E-state index contributed by atoms with van der Waals surface area (Å²) in [5, 5.41) is 3.76. The largest absolute Gasteiger partial charge is 0.334 e. The molecule has 4 rings (SSSR count). The number of nitrogens with one attached hydrogen (secondary N) is 1. The minimum atomic E-state index is -3.47. The highest BCUT2D eigenvalue weighted by Crippen LogP contribution is 2.25. The van der Waals surface area contributed by atoms with Crippen LogP contribution in [-0.4, -0.2) is 30.8 Å². The average Bonchev–Trinajstić information content (AvgIpc) is 3.27. The molecule has 2 aromatic heterocycles. The van der Waals surface area contributed by atoms with Gasteiger partial charge in [0.25, 0.3) is 5.91 Å². The summed E-state index contributed by atoms with van der Waals surface area (Å²) in [6.07, 6.45) is 2.49. The lowest BCUT2D eigenvalue weighted by Gasteiger charge is -2.30. The van der Waals surface area contributed by atoms with Crippen molar-refractivity contribution in [1.82, 2.24) is 14.6 Å². The quantitative estimate of drug-likeness (QED) is 0.637. The van der Waals surface area contributed by atoms with Crippen LogP contribution in [0.15, 0.2) is 53.4 Å². The molecular weight excluding hydrogens is 418 g/mol. The van der Waals surface area contributed by atoms with Gasteiger partial charge in [-0.05, 0) is 47.0 Å². The number of aromatic nitrogens is 1. The predicted octanol–water partition coefficient (Wildman–Crippen LogP) is 3.27. The smallest absolute Gasteiger partial charge is 0.255 e. The van der Waals surface area contributed by atoms with Crippen molar-refractivity contribution in [2.45, 2.75) is 32.2 Å². The number of hydrogen-bond donors (Lipinski definition) is 1. The van der Waals surface area contributed by atoms with Crippen LogP contribution in [0.25, 0.3) is 0 Å². The van der Waals surface area contributed by atoms with Crippen LogP contribution in [0.2, 0.25) is 0 Å². The van der Waals surface area contributed by atoms with Gasteiger partial charge in [0.05, 0.1) is 11.3 Å². The number of rotatable bonds is 6. The molecule has 0 fully saturated rings. The first kappa shape index (κ1) is 20.7. The van der Waals surface area contributed by atoms with Gasteiger partial charge in [-0.2, -0.15) is 11.3 Å². The summed E-state index contributed by atoms with van der Waals surface area (Å²) < 4.78 is 27.8. The number of sulfonamides is 1. The van der Waals surface area contributed by atoms with E-state index in [9.17, 15) is 13.2 Å². The number of benzene rings is 1. The van der Waals surface area contributed by atoms with Crippen molar-refractivity contribution in [2.24, 2.45) is 0 Å². The van der Waals surface area contributed by atoms with E-state index in [1.54, 1.807) is 18.3 Å². The number of aryl methyl sites for hydroxylation is 1. The molecule has 1 aliphatic rings. The lowest BCUT2D eigenvalue weighted by atomic mass is 9.95. The summed E-state index contributed by atoms with van der Waals surface area (Å²) in [4.78, 5) is 19.0. The highest BCUT2D eigenvalue weighted by atomic mass is 32.2. The molecule has 0 saturated heterocycles. The molecule has 1 N–H and O–H groups in total. The second-order valence-corrected chi connectivity index (χ2v) is 9.97. The van der Waals surface area contributed by atoms with Gasteiger partial charge in [0.1, 0.15) is 0 Å². The van der Waals surface area contributed by atoms with Crippen LogP contribution >= 0.6 is 11.3 Å². The molecule has 1 aromatic carbocycles. The minimum absolute atomic E-state index is 0.0209.